The number of amides is 1. The maximum Gasteiger partial charge on any atom is 0.224 e. The Kier molecular flexibility index (Phi) is 3.66. The predicted octanol–water partition coefficient (Wildman–Crippen LogP) is -1.09. The summed E-state index contributed by atoms with van der Waals surface area (Å²) in [6.45, 7) is 0.495. The van der Waals surface area contributed by atoms with Crippen LogP contribution in [-0.4, -0.2) is 45.1 Å². The smallest absolute Gasteiger partial charge is 0.224 e. The molecule has 6 nitrogen and oxygen atoms in total. The van der Waals surface area contributed by atoms with Crippen LogP contribution in [0.1, 0.15) is 6.42 Å². The molecule has 0 aromatic rings. The molecule has 1 atom stereocenters. The zero-order chi connectivity index (χ0) is 11.5. The van der Waals surface area contributed by atoms with Crippen molar-refractivity contribution >= 4 is 15.9 Å². The summed E-state index contributed by atoms with van der Waals surface area (Å²) in [5.74, 6) is -0.560. The predicted molar refractivity (Wildman–Crippen MR) is 53.1 cm³/mol. The lowest BCUT2D eigenvalue weighted by molar-refractivity contribution is -0.127. The lowest BCUT2D eigenvalue weighted by Gasteiger charge is -2.14. The van der Waals surface area contributed by atoms with E-state index in [0.717, 1.165) is 0 Å². The van der Waals surface area contributed by atoms with Crippen molar-refractivity contribution in [1.29, 1.82) is 5.26 Å². The third-order valence-electron chi connectivity index (χ3n) is 2.34. The number of sulfonamides is 1. The van der Waals surface area contributed by atoms with Gasteiger partial charge in [-0.25, -0.2) is 13.1 Å². The largest absolute Gasteiger partial charge is 0.340 e. The van der Waals surface area contributed by atoms with Crippen molar-refractivity contribution in [3.05, 3.63) is 0 Å². The maximum absolute atomic E-state index is 11.3. The van der Waals surface area contributed by atoms with E-state index >= 15 is 0 Å². The quantitative estimate of drug-likeness (QED) is 0.665. The summed E-state index contributed by atoms with van der Waals surface area (Å²) < 4.78 is 24.4. The SMILES string of the molecule is CNS(=O)(=O)CCN1CC(C#N)CC1=O. The minimum atomic E-state index is -3.28. The van der Waals surface area contributed by atoms with Gasteiger partial charge < -0.3 is 4.90 Å². The normalized spacial score (nSPS) is 21.7. The van der Waals surface area contributed by atoms with Gasteiger partial charge in [0.2, 0.25) is 15.9 Å². The van der Waals surface area contributed by atoms with Gasteiger partial charge in [-0.1, -0.05) is 0 Å². The van der Waals surface area contributed by atoms with Crippen LogP contribution in [0.4, 0.5) is 0 Å². The topological polar surface area (TPSA) is 90.3 Å². The molecule has 1 heterocycles. The Morgan fingerprint density at radius 2 is 2.33 bits per heavy atom. The van der Waals surface area contributed by atoms with Gasteiger partial charge in [0.15, 0.2) is 0 Å². The molecule has 1 aliphatic rings. The fourth-order valence-electron chi connectivity index (χ4n) is 1.41. The highest BCUT2D eigenvalue weighted by atomic mass is 32.2. The van der Waals surface area contributed by atoms with E-state index in [1.807, 2.05) is 6.07 Å². The van der Waals surface area contributed by atoms with E-state index in [1.165, 1.54) is 11.9 Å². The number of carbonyl (C=O) groups is 1. The zero-order valence-corrected chi connectivity index (χ0v) is 9.25. The van der Waals surface area contributed by atoms with Crippen LogP contribution in [0.3, 0.4) is 0 Å². The molecule has 84 valence electrons. The van der Waals surface area contributed by atoms with E-state index < -0.39 is 10.0 Å². The van der Waals surface area contributed by atoms with Gasteiger partial charge in [-0.3, -0.25) is 4.79 Å². The molecule has 0 aliphatic carbocycles. The van der Waals surface area contributed by atoms with E-state index in [-0.39, 0.29) is 30.5 Å². The molecule has 1 fully saturated rings. The van der Waals surface area contributed by atoms with E-state index in [4.69, 9.17) is 5.26 Å². The third kappa shape index (κ3) is 3.18. The highest BCUT2D eigenvalue weighted by Gasteiger charge is 2.29. The van der Waals surface area contributed by atoms with Gasteiger partial charge in [-0.05, 0) is 7.05 Å². The van der Waals surface area contributed by atoms with Gasteiger partial charge in [0.1, 0.15) is 0 Å². The molecule has 0 bridgehead atoms. The molecule has 0 radical (unpaired) electrons. The Hall–Kier alpha value is -1.13. The molecule has 0 aromatic carbocycles. The number of nitrogens with one attached hydrogen (secondary N) is 1. The van der Waals surface area contributed by atoms with E-state index in [2.05, 4.69) is 4.72 Å². The van der Waals surface area contributed by atoms with Gasteiger partial charge in [0.25, 0.3) is 0 Å². The maximum atomic E-state index is 11.3. The summed E-state index contributed by atoms with van der Waals surface area (Å²) in [5.41, 5.74) is 0. The first-order chi connectivity index (χ1) is 6.98. The number of nitrogens with zero attached hydrogens (tertiary/aromatic N) is 2. The molecule has 0 aromatic heterocycles. The molecule has 1 saturated heterocycles. The van der Waals surface area contributed by atoms with Crippen LogP contribution in [0.5, 0.6) is 0 Å². The zero-order valence-electron chi connectivity index (χ0n) is 8.43. The van der Waals surface area contributed by atoms with Gasteiger partial charge in [0.05, 0.1) is 17.7 Å². The van der Waals surface area contributed by atoms with Gasteiger partial charge in [-0.2, -0.15) is 5.26 Å². The Bertz CT molecular complexity index is 384. The van der Waals surface area contributed by atoms with E-state index in [9.17, 15) is 13.2 Å². The molecule has 1 N–H and O–H groups in total. The second-order valence-corrected chi connectivity index (χ2v) is 5.44. The first kappa shape index (κ1) is 11.9. The van der Waals surface area contributed by atoms with Crippen LogP contribution in [0.25, 0.3) is 0 Å². The number of hydrogen-bond donors (Lipinski definition) is 1. The molecular weight excluding hydrogens is 218 g/mol. The highest BCUT2D eigenvalue weighted by Crippen LogP contribution is 2.16. The van der Waals surface area contributed by atoms with E-state index in [0.29, 0.717) is 6.54 Å². The summed E-state index contributed by atoms with van der Waals surface area (Å²) in [4.78, 5) is 12.7. The second kappa shape index (κ2) is 4.59. The van der Waals surface area contributed by atoms with Crippen molar-refractivity contribution in [1.82, 2.24) is 9.62 Å². The number of carbonyl (C=O) groups excluding carboxylic acids is 1. The van der Waals surface area contributed by atoms with Crippen molar-refractivity contribution < 1.29 is 13.2 Å². The Morgan fingerprint density at radius 1 is 1.67 bits per heavy atom. The van der Waals surface area contributed by atoms with Crippen LogP contribution in [0.15, 0.2) is 0 Å². The average molecular weight is 231 g/mol. The molecule has 1 amide bonds. The molecule has 15 heavy (non-hydrogen) atoms. The Morgan fingerprint density at radius 3 is 2.80 bits per heavy atom. The Balaban J connectivity index is 2.48. The summed E-state index contributed by atoms with van der Waals surface area (Å²) >= 11 is 0. The summed E-state index contributed by atoms with van der Waals surface area (Å²) in [5, 5.41) is 8.62. The molecule has 0 spiro atoms. The van der Waals surface area contributed by atoms with Gasteiger partial charge in [-0.15, -0.1) is 0 Å². The summed E-state index contributed by atoms with van der Waals surface area (Å²) in [7, 11) is -1.95. The van der Waals surface area contributed by atoms with Crippen LogP contribution in [0.2, 0.25) is 0 Å². The first-order valence-corrected chi connectivity index (χ1v) is 6.22. The molecule has 1 unspecified atom stereocenters. The lowest BCUT2D eigenvalue weighted by Crippen LogP contribution is -2.34. The van der Waals surface area contributed by atoms with Crippen molar-refractivity contribution in [2.75, 3.05) is 25.9 Å². The molecule has 0 saturated carbocycles. The van der Waals surface area contributed by atoms with Gasteiger partial charge >= 0.3 is 0 Å². The van der Waals surface area contributed by atoms with Crippen molar-refractivity contribution in [2.45, 2.75) is 6.42 Å². The second-order valence-electron chi connectivity index (χ2n) is 3.39. The third-order valence-corrected chi connectivity index (χ3v) is 3.68. The van der Waals surface area contributed by atoms with Crippen LogP contribution in [0, 0.1) is 17.2 Å². The van der Waals surface area contributed by atoms with Gasteiger partial charge in [0, 0.05) is 19.5 Å². The highest BCUT2D eigenvalue weighted by molar-refractivity contribution is 7.89. The minimum absolute atomic E-state index is 0.118. The molecule has 7 heteroatoms. The van der Waals surface area contributed by atoms with Crippen LogP contribution < -0.4 is 4.72 Å². The fourth-order valence-corrected chi connectivity index (χ4v) is 2.07. The molecular formula is C8H13N3O3S. The van der Waals surface area contributed by atoms with Crippen molar-refractivity contribution in [3.63, 3.8) is 0 Å². The first-order valence-electron chi connectivity index (χ1n) is 4.57. The number of nitriles is 1. The van der Waals surface area contributed by atoms with Crippen LogP contribution in [-0.2, 0) is 14.8 Å². The summed E-state index contributed by atoms with van der Waals surface area (Å²) in [6, 6.07) is 2.01. The molecule has 1 rings (SSSR count). The molecule has 1 aliphatic heterocycles. The average Bonchev–Trinajstić information content (AvgIpc) is 2.57. The Labute approximate surface area is 88.9 Å². The van der Waals surface area contributed by atoms with Crippen molar-refractivity contribution in [3.8, 4) is 6.07 Å². The standard InChI is InChI=1S/C8H13N3O3S/c1-10-15(13,14)3-2-11-6-7(5-9)4-8(11)12/h7,10H,2-4,6H2,1H3. The number of rotatable bonds is 4. The summed E-state index contributed by atoms with van der Waals surface area (Å²) in [6.07, 6.45) is 0.204. The number of likely N-dealkylation sites (tertiary alicyclic amines) is 1. The minimum Gasteiger partial charge on any atom is -0.340 e. The van der Waals surface area contributed by atoms with E-state index in [1.54, 1.807) is 0 Å². The fraction of sp³-hybridized carbons (Fsp3) is 0.750. The van der Waals surface area contributed by atoms with Crippen LogP contribution >= 0.6 is 0 Å². The van der Waals surface area contributed by atoms with Crippen molar-refractivity contribution in [2.24, 2.45) is 5.92 Å². The number of hydrogen-bond acceptors (Lipinski definition) is 4. The monoisotopic (exact) mass is 231 g/mol. The lowest BCUT2D eigenvalue weighted by atomic mass is 10.1.